The number of halogens is 1. The van der Waals surface area contributed by atoms with Crippen LogP contribution < -0.4 is 9.47 Å². The highest BCUT2D eigenvalue weighted by molar-refractivity contribution is 14.1. The van der Waals surface area contributed by atoms with Gasteiger partial charge in [-0.05, 0) is 71.0 Å². The van der Waals surface area contributed by atoms with Crippen LogP contribution in [0.4, 0.5) is 5.69 Å². The number of rotatable bonds is 7. The first-order valence-electron chi connectivity index (χ1n) is 10.2. The molecule has 0 fully saturated rings. The smallest absolute Gasteiger partial charge is 0.363 e. The summed E-state index contributed by atoms with van der Waals surface area (Å²) in [4.78, 5) is 26.9. The number of carbonyl (C=O) groups is 1. The zero-order chi connectivity index (χ0) is 24.2. The number of hydrogen-bond donors (Lipinski definition) is 0. The van der Waals surface area contributed by atoms with Crippen molar-refractivity contribution in [3.63, 3.8) is 0 Å². The predicted octanol–water partition coefficient (Wildman–Crippen LogP) is 5.44. The molecule has 0 aromatic heterocycles. The molecular weight excluding hydrogens is 551 g/mol. The largest absolute Gasteiger partial charge is 0.493 e. The highest BCUT2D eigenvalue weighted by Crippen LogP contribution is 2.35. The third-order valence-electron chi connectivity index (χ3n) is 5.00. The fourth-order valence-corrected chi connectivity index (χ4v) is 4.00. The number of esters is 1. The third kappa shape index (κ3) is 5.25. The monoisotopic (exact) mass is 570 g/mol. The fraction of sp³-hybridized carbons (Fsp3) is 0.120. The van der Waals surface area contributed by atoms with Gasteiger partial charge in [-0.25, -0.2) is 9.79 Å². The van der Waals surface area contributed by atoms with E-state index in [0.29, 0.717) is 29.2 Å². The molecule has 4 rings (SSSR count). The van der Waals surface area contributed by atoms with Gasteiger partial charge in [-0.15, -0.1) is 0 Å². The summed E-state index contributed by atoms with van der Waals surface area (Å²) in [6.45, 7) is 2.42. The second kappa shape index (κ2) is 10.0. The Morgan fingerprint density at radius 2 is 1.82 bits per heavy atom. The Balaban J connectivity index is 1.57. The van der Waals surface area contributed by atoms with Crippen molar-refractivity contribution in [3.05, 3.63) is 102 Å². The first-order valence-corrected chi connectivity index (χ1v) is 11.2. The Morgan fingerprint density at radius 3 is 2.47 bits per heavy atom. The van der Waals surface area contributed by atoms with Crippen molar-refractivity contribution in [2.45, 2.75) is 13.5 Å². The van der Waals surface area contributed by atoms with Crippen molar-refractivity contribution < 1.29 is 23.9 Å². The SMILES string of the molecule is COc1cc(/C=C2\N=C(c3ccc([N+](=O)[O-])cc3)OC2=O)cc(I)c1OCc1ccc(C)cc1. The van der Waals surface area contributed by atoms with Crippen LogP contribution >= 0.6 is 22.6 Å². The minimum Gasteiger partial charge on any atom is -0.493 e. The van der Waals surface area contributed by atoms with E-state index < -0.39 is 10.9 Å². The van der Waals surface area contributed by atoms with Gasteiger partial charge in [0.15, 0.2) is 17.2 Å². The van der Waals surface area contributed by atoms with Gasteiger partial charge in [0.1, 0.15) is 6.61 Å². The van der Waals surface area contributed by atoms with Gasteiger partial charge >= 0.3 is 5.97 Å². The maximum Gasteiger partial charge on any atom is 0.363 e. The molecule has 0 spiro atoms. The van der Waals surface area contributed by atoms with Crippen LogP contribution in [0.3, 0.4) is 0 Å². The van der Waals surface area contributed by atoms with Crippen molar-refractivity contribution in [3.8, 4) is 11.5 Å². The standard InChI is InChI=1S/C25H19IN2O6/c1-15-3-5-16(6-4-15)14-33-23-20(26)11-17(13-22(23)32-2)12-21-25(29)34-24(27-21)18-7-9-19(10-8-18)28(30)31/h3-13H,14H2,1-2H3/b21-12-. The zero-order valence-corrected chi connectivity index (χ0v) is 20.4. The van der Waals surface area contributed by atoms with Crippen molar-refractivity contribution >= 4 is 46.2 Å². The maximum absolute atomic E-state index is 12.4. The molecule has 1 heterocycles. The maximum atomic E-state index is 12.4. The van der Waals surface area contributed by atoms with Crippen LogP contribution in [0.15, 0.2) is 71.4 Å². The fourth-order valence-electron chi connectivity index (χ4n) is 3.22. The van der Waals surface area contributed by atoms with Gasteiger partial charge in [0, 0.05) is 17.7 Å². The highest BCUT2D eigenvalue weighted by Gasteiger charge is 2.25. The Bertz CT molecular complexity index is 1310. The van der Waals surface area contributed by atoms with Crippen molar-refractivity contribution in [2.24, 2.45) is 4.99 Å². The molecule has 0 radical (unpaired) electrons. The van der Waals surface area contributed by atoms with E-state index in [9.17, 15) is 14.9 Å². The van der Waals surface area contributed by atoms with Gasteiger partial charge < -0.3 is 14.2 Å². The van der Waals surface area contributed by atoms with E-state index in [1.54, 1.807) is 19.3 Å². The number of ether oxygens (including phenoxy) is 3. The van der Waals surface area contributed by atoms with E-state index in [0.717, 1.165) is 9.13 Å². The first-order chi connectivity index (χ1) is 16.3. The lowest BCUT2D eigenvalue weighted by molar-refractivity contribution is -0.384. The number of nitro groups is 1. The highest BCUT2D eigenvalue weighted by atomic mass is 127. The molecule has 0 saturated carbocycles. The Morgan fingerprint density at radius 1 is 1.12 bits per heavy atom. The van der Waals surface area contributed by atoms with Gasteiger partial charge in [-0.2, -0.15) is 0 Å². The van der Waals surface area contributed by atoms with E-state index in [-0.39, 0.29) is 17.3 Å². The average molecular weight is 570 g/mol. The van der Waals surface area contributed by atoms with Gasteiger partial charge in [0.2, 0.25) is 5.90 Å². The summed E-state index contributed by atoms with van der Waals surface area (Å²) in [6.07, 6.45) is 1.59. The van der Waals surface area contributed by atoms with Crippen LogP contribution in [0, 0.1) is 20.6 Å². The number of nitro benzene ring substituents is 1. The molecule has 0 amide bonds. The summed E-state index contributed by atoms with van der Waals surface area (Å²) in [7, 11) is 1.55. The van der Waals surface area contributed by atoms with Gasteiger partial charge in [-0.3, -0.25) is 10.1 Å². The summed E-state index contributed by atoms with van der Waals surface area (Å²) in [6, 6.07) is 17.3. The summed E-state index contributed by atoms with van der Waals surface area (Å²) >= 11 is 2.16. The minimum atomic E-state index is -0.609. The minimum absolute atomic E-state index is 0.0594. The number of aryl methyl sites for hydroxylation is 1. The summed E-state index contributed by atoms with van der Waals surface area (Å²) in [5, 5.41) is 10.8. The Kier molecular flexibility index (Phi) is 6.92. The van der Waals surface area contributed by atoms with Gasteiger partial charge in [0.25, 0.3) is 5.69 Å². The lowest BCUT2D eigenvalue weighted by Gasteiger charge is -2.14. The van der Waals surface area contributed by atoms with Crippen molar-refractivity contribution in [1.82, 2.24) is 0 Å². The number of benzene rings is 3. The molecule has 3 aromatic carbocycles. The van der Waals surface area contributed by atoms with Gasteiger partial charge in [-0.1, -0.05) is 29.8 Å². The van der Waals surface area contributed by atoms with Crippen LogP contribution in [0.5, 0.6) is 11.5 Å². The van der Waals surface area contributed by atoms with Crippen LogP contribution in [0.1, 0.15) is 22.3 Å². The van der Waals surface area contributed by atoms with E-state index in [2.05, 4.69) is 27.6 Å². The molecule has 1 aliphatic rings. The lowest BCUT2D eigenvalue weighted by atomic mass is 10.1. The summed E-state index contributed by atoms with van der Waals surface area (Å²) in [5.74, 6) is 0.611. The molecule has 0 atom stereocenters. The van der Waals surface area contributed by atoms with Crippen molar-refractivity contribution in [2.75, 3.05) is 7.11 Å². The number of methoxy groups -OCH3 is 1. The molecule has 34 heavy (non-hydrogen) atoms. The van der Waals surface area contributed by atoms with E-state index >= 15 is 0 Å². The van der Waals surface area contributed by atoms with Crippen molar-refractivity contribution in [1.29, 1.82) is 0 Å². The molecule has 172 valence electrons. The number of cyclic esters (lactones) is 1. The van der Waals surface area contributed by atoms with E-state index in [1.807, 2.05) is 37.3 Å². The first kappa shape index (κ1) is 23.4. The Hall–Kier alpha value is -3.73. The van der Waals surface area contributed by atoms with Crippen LogP contribution in [0.2, 0.25) is 0 Å². The number of hydrogen-bond acceptors (Lipinski definition) is 7. The number of non-ortho nitro benzene ring substituents is 1. The molecule has 9 heteroatoms. The van der Waals surface area contributed by atoms with Gasteiger partial charge in [0.05, 0.1) is 15.6 Å². The Labute approximate surface area is 209 Å². The molecule has 8 nitrogen and oxygen atoms in total. The third-order valence-corrected chi connectivity index (χ3v) is 5.81. The molecule has 0 bridgehead atoms. The van der Waals surface area contributed by atoms with E-state index in [1.165, 1.54) is 29.8 Å². The molecule has 1 aliphatic heterocycles. The molecule has 0 N–H and O–H groups in total. The quantitative estimate of drug-likeness (QED) is 0.123. The summed E-state index contributed by atoms with van der Waals surface area (Å²) < 4.78 is 17.6. The summed E-state index contributed by atoms with van der Waals surface area (Å²) in [5.41, 5.74) is 3.42. The number of nitrogens with zero attached hydrogens (tertiary/aromatic N) is 2. The van der Waals surface area contributed by atoms with Crippen LogP contribution in [-0.2, 0) is 16.1 Å². The molecule has 0 unspecified atom stereocenters. The van der Waals surface area contributed by atoms with Crippen LogP contribution in [-0.4, -0.2) is 23.9 Å². The van der Waals surface area contributed by atoms with E-state index in [4.69, 9.17) is 14.2 Å². The normalized spacial score (nSPS) is 14.0. The molecule has 3 aromatic rings. The average Bonchev–Trinajstić information content (AvgIpc) is 3.19. The zero-order valence-electron chi connectivity index (χ0n) is 18.3. The van der Waals surface area contributed by atoms with Crippen LogP contribution in [0.25, 0.3) is 6.08 Å². The number of carbonyl (C=O) groups excluding carboxylic acids is 1. The topological polar surface area (TPSA) is 100 Å². The predicted molar refractivity (Wildman–Crippen MR) is 135 cm³/mol. The lowest BCUT2D eigenvalue weighted by Crippen LogP contribution is -2.05. The second-order valence-electron chi connectivity index (χ2n) is 7.45. The molecule has 0 saturated heterocycles. The second-order valence-corrected chi connectivity index (χ2v) is 8.61. The molecule has 0 aliphatic carbocycles. The molecular formula is C25H19IN2O6. The number of aliphatic imine (C=N–C) groups is 1.